The third-order valence-electron chi connectivity index (χ3n) is 4.33. The lowest BCUT2D eigenvalue weighted by atomic mass is 10.1. The Bertz CT molecular complexity index is 895. The minimum Gasteiger partial charge on any atom is -0.493 e. The third-order valence-corrected chi connectivity index (χ3v) is 4.58. The predicted molar refractivity (Wildman–Crippen MR) is 119 cm³/mol. The van der Waals surface area contributed by atoms with Crippen LogP contribution in [-0.4, -0.2) is 32.6 Å². The minimum absolute atomic E-state index is 0.128. The van der Waals surface area contributed by atoms with E-state index in [0.717, 1.165) is 18.4 Å². The fraction of sp³-hybridized carbons (Fsp3) is 0.304. The van der Waals surface area contributed by atoms with Crippen molar-refractivity contribution in [1.82, 2.24) is 10.6 Å². The zero-order valence-corrected chi connectivity index (χ0v) is 18.2. The van der Waals surface area contributed by atoms with Gasteiger partial charge >= 0.3 is 0 Å². The van der Waals surface area contributed by atoms with Crippen LogP contribution in [0.4, 0.5) is 0 Å². The van der Waals surface area contributed by atoms with E-state index < -0.39 is 0 Å². The van der Waals surface area contributed by atoms with Gasteiger partial charge in [-0.3, -0.25) is 9.59 Å². The summed E-state index contributed by atoms with van der Waals surface area (Å²) >= 11 is 5.89. The monoisotopic (exact) mass is 430 g/mol. The molecule has 0 aliphatic rings. The lowest BCUT2D eigenvalue weighted by molar-refractivity contribution is -0.123. The zero-order valence-electron chi connectivity index (χ0n) is 17.5. The average Bonchev–Trinajstić information content (AvgIpc) is 2.74. The van der Waals surface area contributed by atoms with Gasteiger partial charge in [0.25, 0.3) is 5.91 Å². The highest BCUT2D eigenvalue weighted by Crippen LogP contribution is 2.28. The molecule has 0 unspecified atom stereocenters. The number of benzene rings is 2. The van der Waals surface area contributed by atoms with Gasteiger partial charge in [0.1, 0.15) is 5.70 Å². The molecule has 2 aromatic carbocycles. The van der Waals surface area contributed by atoms with Gasteiger partial charge < -0.3 is 20.1 Å². The molecule has 30 heavy (non-hydrogen) atoms. The van der Waals surface area contributed by atoms with Crippen LogP contribution >= 0.6 is 11.6 Å². The number of methoxy groups -OCH3 is 2. The maximum absolute atomic E-state index is 12.7. The number of nitrogens with one attached hydrogen (secondary N) is 2. The summed E-state index contributed by atoms with van der Waals surface area (Å²) in [5, 5.41) is 6.16. The fourth-order valence-electron chi connectivity index (χ4n) is 2.72. The summed E-state index contributed by atoms with van der Waals surface area (Å²) in [6.07, 6.45) is 3.55. The molecule has 6 nitrogen and oxygen atoms in total. The molecule has 160 valence electrons. The smallest absolute Gasteiger partial charge is 0.267 e. The van der Waals surface area contributed by atoms with E-state index in [0.29, 0.717) is 28.6 Å². The second-order valence-corrected chi connectivity index (χ2v) is 7.07. The Morgan fingerprint density at radius 1 is 1.03 bits per heavy atom. The van der Waals surface area contributed by atoms with E-state index in [-0.39, 0.29) is 23.9 Å². The lowest BCUT2D eigenvalue weighted by Crippen LogP contribution is -2.35. The van der Waals surface area contributed by atoms with Gasteiger partial charge in [0.15, 0.2) is 11.5 Å². The van der Waals surface area contributed by atoms with Gasteiger partial charge in [-0.25, -0.2) is 0 Å². The summed E-state index contributed by atoms with van der Waals surface area (Å²) in [5.41, 5.74) is 1.66. The number of unbranched alkanes of at least 4 members (excludes halogenated alkanes) is 1. The molecule has 7 heteroatoms. The molecule has 2 aromatic rings. The van der Waals surface area contributed by atoms with Crippen LogP contribution in [0.5, 0.6) is 11.5 Å². The maximum atomic E-state index is 12.7. The predicted octanol–water partition coefficient (Wildman–Crippen LogP) is 3.97. The number of carbonyl (C=O) groups excluding carboxylic acids is 2. The van der Waals surface area contributed by atoms with Gasteiger partial charge in [0.05, 0.1) is 20.6 Å². The standard InChI is InChI=1S/C23H27ClN2O4/c1-4-5-12-25-23(28)19(13-17-8-11-20(29-2)21(14-17)30-3)26-22(27)15-16-6-9-18(24)10-7-16/h6-11,13-14H,4-5,12,15H2,1-3H3,(H,25,28)(H,26,27)/b19-13-. The number of rotatable bonds is 10. The summed E-state index contributed by atoms with van der Waals surface area (Å²) in [7, 11) is 3.09. The number of carbonyl (C=O) groups is 2. The van der Waals surface area contributed by atoms with Crippen molar-refractivity contribution >= 4 is 29.5 Å². The van der Waals surface area contributed by atoms with Gasteiger partial charge in [0, 0.05) is 11.6 Å². The molecule has 2 rings (SSSR count). The van der Waals surface area contributed by atoms with E-state index in [1.165, 1.54) is 7.11 Å². The van der Waals surface area contributed by atoms with Crippen molar-refractivity contribution in [2.75, 3.05) is 20.8 Å². The van der Waals surface area contributed by atoms with Gasteiger partial charge in [-0.1, -0.05) is 43.1 Å². The molecule has 0 atom stereocenters. The molecule has 2 amide bonds. The van der Waals surface area contributed by atoms with Crippen molar-refractivity contribution < 1.29 is 19.1 Å². The molecular formula is C23H27ClN2O4. The van der Waals surface area contributed by atoms with E-state index in [1.807, 2.05) is 6.92 Å². The molecule has 0 spiro atoms. The molecule has 0 aliphatic carbocycles. The van der Waals surface area contributed by atoms with Crippen LogP contribution in [0, 0.1) is 0 Å². The second kappa shape index (κ2) is 11.9. The van der Waals surface area contributed by atoms with E-state index in [9.17, 15) is 9.59 Å². The largest absolute Gasteiger partial charge is 0.493 e. The van der Waals surface area contributed by atoms with Crippen LogP contribution < -0.4 is 20.1 Å². The van der Waals surface area contributed by atoms with Crippen molar-refractivity contribution in [1.29, 1.82) is 0 Å². The Labute approximate surface area is 182 Å². The van der Waals surface area contributed by atoms with E-state index in [1.54, 1.807) is 55.7 Å². The average molecular weight is 431 g/mol. The highest BCUT2D eigenvalue weighted by molar-refractivity contribution is 6.30. The summed E-state index contributed by atoms with van der Waals surface area (Å²) < 4.78 is 10.6. The summed E-state index contributed by atoms with van der Waals surface area (Å²) in [4.78, 5) is 25.2. The Morgan fingerprint density at radius 3 is 2.37 bits per heavy atom. The molecule has 2 N–H and O–H groups in total. The highest BCUT2D eigenvalue weighted by Gasteiger charge is 2.14. The Hall–Kier alpha value is -2.99. The molecule has 0 saturated carbocycles. The SMILES string of the molecule is CCCCNC(=O)/C(=C/c1ccc(OC)c(OC)c1)NC(=O)Cc1ccc(Cl)cc1. The molecule has 0 aliphatic heterocycles. The first-order valence-corrected chi connectivity index (χ1v) is 10.1. The van der Waals surface area contributed by atoms with Crippen molar-refractivity contribution in [2.45, 2.75) is 26.2 Å². The lowest BCUT2D eigenvalue weighted by Gasteiger charge is -2.12. The van der Waals surface area contributed by atoms with Crippen LogP contribution in [0.15, 0.2) is 48.2 Å². The van der Waals surface area contributed by atoms with Crippen molar-refractivity contribution in [2.24, 2.45) is 0 Å². The number of amides is 2. The Morgan fingerprint density at radius 2 is 1.73 bits per heavy atom. The van der Waals surface area contributed by atoms with Crippen LogP contribution in [0.2, 0.25) is 5.02 Å². The van der Waals surface area contributed by atoms with Crippen molar-refractivity contribution in [3.05, 3.63) is 64.3 Å². The molecular weight excluding hydrogens is 404 g/mol. The Balaban J connectivity index is 2.22. The van der Waals surface area contributed by atoms with E-state index in [2.05, 4.69) is 10.6 Å². The molecule has 0 bridgehead atoms. The third kappa shape index (κ3) is 7.12. The summed E-state index contributed by atoms with van der Waals surface area (Å²) in [6.45, 7) is 2.58. The first-order valence-electron chi connectivity index (χ1n) is 9.73. The normalized spacial score (nSPS) is 11.0. The number of ether oxygens (including phenoxy) is 2. The molecule has 0 saturated heterocycles. The summed E-state index contributed by atoms with van der Waals surface area (Å²) in [6, 6.07) is 12.3. The zero-order chi connectivity index (χ0) is 21.9. The summed E-state index contributed by atoms with van der Waals surface area (Å²) in [5.74, 6) is 0.470. The van der Waals surface area contributed by atoms with Gasteiger partial charge in [-0.05, 0) is 47.9 Å². The fourth-order valence-corrected chi connectivity index (χ4v) is 2.85. The van der Waals surface area contributed by atoms with E-state index in [4.69, 9.17) is 21.1 Å². The van der Waals surface area contributed by atoms with Crippen molar-refractivity contribution in [3.63, 3.8) is 0 Å². The molecule has 0 radical (unpaired) electrons. The van der Waals surface area contributed by atoms with Crippen LogP contribution in [0.1, 0.15) is 30.9 Å². The number of hydrogen-bond acceptors (Lipinski definition) is 4. The number of hydrogen-bond donors (Lipinski definition) is 2. The topological polar surface area (TPSA) is 76.7 Å². The first kappa shape index (κ1) is 23.3. The van der Waals surface area contributed by atoms with Crippen LogP contribution in [0.25, 0.3) is 6.08 Å². The van der Waals surface area contributed by atoms with Gasteiger partial charge in [-0.15, -0.1) is 0 Å². The van der Waals surface area contributed by atoms with Crippen LogP contribution in [-0.2, 0) is 16.0 Å². The molecule has 0 heterocycles. The van der Waals surface area contributed by atoms with Gasteiger partial charge in [0.2, 0.25) is 5.91 Å². The quantitative estimate of drug-likeness (QED) is 0.441. The first-order chi connectivity index (χ1) is 14.5. The molecule has 0 fully saturated rings. The number of halogens is 1. The van der Waals surface area contributed by atoms with Crippen molar-refractivity contribution in [3.8, 4) is 11.5 Å². The maximum Gasteiger partial charge on any atom is 0.267 e. The Kier molecular flexibility index (Phi) is 9.22. The highest BCUT2D eigenvalue weighted by atomic mass is 35.5. The second-order valence-electron chi connectivity index (χ2n) is 6.63. The van der Waals surface area contributed by atoms with Crippen LogP contribution in [0.3, 0.4) is 0 Å². The van der Waals surface area contributed by atoms with E-state index >= 15 is 0 Å². The van der Waals surface area contributed by atoms with Gasteiger partial charge in [-0.2, -0.15) is 0 Å². The molecule has 0 aromatic heterocycles. The minimum atomic E-state index is -0.345.